The molecule has 1 fully saturated rings. The third kappa shape index (κ3) is 3.00. The van der Waals surface area contributed by atoms with Crippen molar-refractivity contribution in [1.29, 1.82) is 0 Å². The molecule has 0 atom stereocenters. The molecule has 0 spiro atoms. The second-order valence-corrected chi connectivity index (χ2v) is 6.31. The summed E-state index contributed by atoms with van der Waals surface area (Å²) in [6.45, 7) is 1.77. The molecule has 2 aromatic carbocycles. The third-order valence-corrected chi connectivity index (χ3v) is 4.51. The first kappa shape index (κ1) is 13.5. The fourth-order valence-electron chi connectivity index (χ4n) is 2.03. The predicted molar refractivity (Wildman–Crippen MR) is 82.5 cm³/mol. The van der Waals surface area contributed by atoms with Crippen molar-refractivity contribution in [3.63, 3.8) is 0 Å². The molecule has 0 aromatic heterocycles. The molecule has 4 heteroatoms. The van der Waals surface area contributed by atoms with Crippen LogP contribution < -0.4 is 0 Å². The lowest BCUT2D eigenvalue weighted by atomic mass is 10.1. The lowest BCUT2D eigenvalue weighted by molar-refractivity contribution is 0.0652. The predicted octanol–water partition coefficient (Wildman–Crippen LogP) is 4.34. The third-order valence-electron chi connectivity index (χ3n) is 3.28. The second-order valence-electron chi connectivity index (χ2n) is 4.73. The van der Waals surface area contributed by atoms with Crippen molar-refractivity contribution in [2.24, 2.45) is 0 Å². The van der Waals surface area contributed by atoms with Gasteiger partial charge in [-0.05, 0) is 48.9 Å². The van der Waals surface area contributed by atoms with E-state index in [1.54, 1.807) is 11.8 Å². The first-order valence-electron chi connectivity index (χ1n) is 6.55. The van der Waals surface area contributed by atoms with E-state index in [4.69, 9.17) is 11.6 Å². The zero-order valence-electron chi connectivity index (χ0n) is 10.9. The van der Waals surface area contributed by atoms with E-state index in [-0.39, 0.29) is 5.91 Å². The monoisotopic (exact) mass is 303 g/mol. The molecule has 0 radical (unpaired) electrons. The van der Waals surface area contributed by atoms with Crippen molar-refractivity contribution >= 4 is 29.3 Å². The average Bonchev–Trinajstić information content (AvgIpc) is 2.37. The highest BCUT2D eigenvalue weighted by molar-refractivity contribution is 7.99. The summed E-state index contributed by atoms with van der Waals surface area (Å²) in [6.07, 6.45) is 1.12. The van der Waals surface area contributed by atoms with Crippen LogP contribution in [0, 0.1) is 0 Å². The molecule has 0 bridgehead atoms. The SMILES string of the molecule is O=C(c1ccc(Sc2cccc(Cl)c2)cc1)N1CCC1. The lowest BCUT2D eigenvalue weighted by Crippen LogP contribution is -2.41. The summed E-state index contributed by atoms with van der Waals surface area (Å²) >= 11 is 7.61. The maximum absolute atomic E-state index is 12.0. The van der Waals surface area contributed by atoms with Crippen LogP contribution in [0.1, 0.15) is 16.8 Å². The van der Waals surface area contributed by atoms with Crippen LogP contribution in [0.3, 0.4) is 0 Å². The summed E-state index contributed by atoms with van der Waals surface area (Å²) in [5.74, 6) is 0.135. The first-order chi connectivity index (χ1) is 9.72. The summed E-state index contributed by atoms with van der Waals surface area (Å²) in [5, 5.41) is 0.736. The molecule has 0 unspecified atom stereocenters. The molecular weight excluding hydrogens is 290 g/mol. The zero-order chi connectivity index (χ0) is 13.9. The number of halogens is 1. The number of carbonyl (C=O) groups excluding carboxylic acids is 1. The molecule has 1 heterocycles. The Morgan fingerprint density at radius 1 is 1.05 bits per heavy atom. The van der Waals surface area contributed by atoms with Gasteiger partial charge in [-0.25, -0.2) is 0 Å². The molecule has 0 aliphatic carbocycles. The highest BCUT2D eigenvalue weighted by Crippen LogP contribution is 2.29. The summed E-state index contributed by atoms with van der Waals surface area (Å²) in [6, 6.07) is 15.5. The molecule has 1 aliphatic rings. The molecule has 1 saturated heterocycles. The minimum atomic E-state index is 0.135. The maximum Gasteiger partial charge on any atom is 0.253 e. The normalized spacial score (nSPS) is 13.9. The maximum atomic E-state index is 12.0. The van der Waals surface area contributed by atoms with Gasteiger partial charge in [0.15, 0.2) is 0 Å². The molecule has 1 aliphatic heterocycles. The van der Waals surface area contributed by atoms with Crippen molar-refractivity contribution < 1.29 is 4.79 Å². The number of nitrogens with zero attached hydrogens (tertiary/aromatic N) is 1. The van der Waals surface area contributed by atoms with Crippen molar-refractivity contribution in [1.82, 2.24) is 4.90 Å². The zero-order valence-corrected chi connectivity index (χ0v) is 12.5. The van der Waals surface area contributed by atoms with E-state index in [0.717, 1.165) is 39.9 Å². The fraction of sp³-hybridized carbons (Fsp3) is 0.188. The van der Waals surface area contributed by atoms with Crippen LogP contribution in [0.4, 0.5) is 0 Å². The fourth-order valence-corrected chi connectivity index (χ4v) is 3.17. The topological polar surface area (TPSA) is 20.3 Å². The summed E-state index contributed by atoms with van der Waals surface area (Å²) in [4.78, 5) is 16.1. The highest BCUT2D eigenvalue weighted by Gasteiger charge is 2.21. The Labute approximate surface area is 127 Å². The van der Waals surface area contributed by atoms with Crippen molar-refractivity contribution in [2.45, 2.75) is 16.2 Å². The van der Waals surface area contributed by atoms with Gasteiger partial charge in [0.1, 0.15) is 0 Å². The van der Waals surface area contributed by atoms with Gasteiger partial charge in [0.05, 0.1) is 0 Å². The Bertz CT molecular complexity index is 623. The van der Waals surface area contributed by atoms with Gasteiger partial charge in [-0.1, -0.05) is 29.4 Å². The van der Waals surface area contributed by atoms with E-state index < -0.39 is 0 Å². The van der Waals surface area contributed by atoms with Crippen molar-refractivity contribution in [3.05, 3.63) is 59.1 Å². The van der Waals surface area contributed by atoms with E-state index in [9.17, 15) is 4.79 Å². The van der Waals surface area contributed by atoms with Gasteiger partial charge in [0.2, 0.25) is 0 Å². The Morgan fingerprint density at radius 2 is 1.80 bits per heavy atom. The van der Waals surface area contributed by atoms with Crippen LogP contribution in [0.2, 0.25) is 5.02 Å². The number of benzene rings is 2. The first-order valence-corrected chi connectivity index (χ1v) is 7.74. The Balaban J connectivity index is 1.71. The minimum absolute atomic E-state index is 0.135. The van der Waals surface area contributed by atoms with Gasteiger partial charge in [-0.3, -0.25) is 4.79 Å². The molecular formula is C16H14ClNOS. The van der Waals surface area contributed by atoms with Gasteiger partial charge in [0, 0.05) is 33.5 Å². The number of hydrogen-bond donors (Lipinski definition) is 0. The molecule has 2 aromatic rings. The molecule has 20 heavy (non-hydrogen) atoms. The standard InChI is InChI=1S/C16H14ClNOS/c17-13-3-1-4-15(11-13)20-14-7-5-12(6-8-14)16(19)18-9-2-10-18/h1,3-8,11H,2,9-10H2. The molecule has 1 amide bonds. The van der Waals surface area contributed by atoms with Crippen molar-refractivity contribution in [3.8, 4) is 0 Å². The molecule has 0 N–H and O–H groups in total. The van der Waals surface area contributed by atoms with Crippen LogP contribution in [0.25, 0.3) is 0 Å². The second kappa shape index (κ2) is 5.90. The Kier molecular flexibility index (Phi) is 3.99. The number of carbonyl (C=O) groups is 1. The lowest BCUT2D eigenvalue weighted by Gasteiger charge is -2.30. The molecule has 2 nitrogen and oxygen atoms in total. The number of rotatable bonds is 3. The van der Waals surface area contributed by atoms with Gasteiger partial charge in [-0.2, -0.15) is 0 Å². The van der Waals surface area contributed by atoms with Gasteiger partial charge in [-0.15, -0.1) is 0 Å². The molecule has 0 saturated carbocycles. The van der Waals surface area contributed by atoms with E-state index in [1.807, 2.05) is 53.4 Å². The van der Waals surface area contributed by atoms with Crippen LogP contribution in [0.5, 0.6) is 0 Å². The minimum Gasteiger partial charge on any atom is -0.339 e. The Morgan fingerprint density at radius 3 is 2.40 bits per heavy atom. The van der Waals surface area contributed by atoms with Gasteiger partial charge in [0.25, 0.3) is 5.91 Å². The van der Waals surface area contributed by atoms with E-state index in [1.165, 1.54) is 0 Å². The van der Waals surface area contributed by atoms with Crippen LogP contribution in [-0.2, 0) is 0 Å². The number of amides is 1. The van der Waals surface area contributed by atoms with Crippen LogP contribution in [-0.4, -0.2) is 23.9 Å². The Hall–Kier alpha value is -1.45. The number of likely N-dealkylation sites (tertiary alicyclic amines) is 1. The molecule has 3 rings (SSSR count). The number of hydrogen-bond acceptors (Lipinski definition) is 2. The van der Waals surface area contributed by atoms with E-state index in [2.05, 4.69) is 0 Å². The quantitative estimate of drug-likeness (QED) is 0.841. The average molecular weight is 304 g/mol. The summed E-state index contributed by atoms with van der Waals surface area (Å²) < 4.78 is 0. The van der Waals surface area contributed by atoms with Crippen LogP contribution in [0.15, 0.2) is 58.3 Å². The summed E-state index contributed by atoms with van der Waals surface area (Å²) in [5.41, 5.74) is 0.764. The molecule has 102 valence electrons. The highest BCUT2D eigenvalue weighted by atomic mass is 35.5. The van der Waals surface area contributed by atoms with E-state index in [0.29, 0.717) is 0 Å². The van der Waals surface area contributed by atoms with E-state index >= 15 is 0 Å². The largest absolute Gasteiger partial charge is 0.339 e. The van der Waals surface area contributed by atoms with Gasteiger partial charge < -0.3 is 4.90 Å². The van der Waals surface area contributed by atoms with Crippen molar-refractivity contribution in [2.75, 3.05) is 13.1 Å². The summed E-state index contributed by atoms with van der Waals surface area (Å²) in [7, 11) is 0. The van der Waals surface area contributed by atoms with Crippen LogP contribution >= 0.6 is 23.4 Å². The smallest absolute Gasteiger partial charge is 0.253 e. The van der Waals surface area contributed by atoms with Gasteiger partial charge >= 0.3 is 0 Å².